The van der Waals surface area contributed by atoms with E-state index in [9.17, 15) is 14.4 Å². The van der Waals surface area contributed by atoms with Gasteiger partial charge in [-0.2, -0.15) is 10.2 Å². The number of aromatic nitrogens is 3. The lowest BCUT2D eigenvalue weighted by Crippen LogP contribution is -2.56. The topological polar surface area (TPSA) is 115 Å². The fourth-order valence-electron chi connectivity index (χ4n) is 5.25. The molecule has 0 aliphatic heterocycles. The van der Waals surface area contributed by atoms with Gasteiger partial charge < -0.3 is 15.4 Å². The molecule has 49 heavy (non-hydrogen) atoms. The molecule has 262 valence electrons. The van der Waals surface area contributed by atoms with Gasteiger partial charge in [-0.25, -0.2) is 0 Å². The second-order valence-electron chi connectivity index (χ2n) is 14.4. The third-order valence-electron chi connectivity index (χ3n) is 9.50. The van der Waals surface area contributed by atoms with Crippen LogP contribution in [-0.4, -0.2) is 45.2 Å². The Morgan fingerprint density at radius 3 is 2.12 bits per heavy atom. The van der Waals surface area contributed by atoms with Crippen LogP contribution in [0.4, 0.5) is 5.69 Å². The highest BCUT2D eigenvalue weighted by Gasteiger charge is 2.54. The Balaban J connectivity index is 1.58. The lowest BCUT2D eigenvalue weighted by molar-refractivity contribution is -0.140. The summed E-state index contributed by atoms with van der Waals surface area (Å²) in [4.78, 5) is 40.2. The minimum Gasteiger partial charge on any atom is -0.481 e. The van der Waals surface area contributed by atoms with E-state index in [1.54, 1.807) is 69.3 Å². The number of para-hydroxylation sites is 1. The minimum atomic E-state index is -2.41. The summed E-state index contributed by atoms with van der Waals surface area (Å²) in [5, 5.41) is 14.7. The predicted octanol–water partition coefficient (Wildman–Crippen LogP) is 8.17. The second kappa shape index (κ2) is 14.5. The third kappa shape index (κ3) is 8.10. The molecule has 0 radical (unpaired) electrons. The number of carbonyl (C=O) groups excluding carboxylic acids is 3. The molecule has 1 aromatic heterocycles. The van der Waals surface area contributed by atoms with Gasteiger partial charge in [0.25, 0.3) is 16.8 Å². The lowest BCUT2D eigenvalue weighted by Gasteiger charge is -2.33. The fraction of sp³-hybridized carbons (Fsp3) is 0.447. The van der Waals surface area contributed by atoms with Crippen molar-refractivity contribution in [3.8, 4) is 5.75 Å². The normalized spacial score (nSPS) is 14.2. The molecule has 4 aromatic rings. The number of alkyl halides is 1. The van der Waals surface area contributed by atoms with Crippen molar-refractivity contribution in [2.24, 2.45) is 5.41 Å². The number of nitrogens with zero attached hydrogens (tertiary/aromatic N) is 3. The van der Waals surface area contributed by atoms with Crippen molar-refractivity contribution >= 4 is 57.5 Å². The van der Waals surface area contributed by atoms with Crippen LogP contribution in [0.2, 0.25) is 5.02 Å². The highest BCUT2D eigenvalue weighted by molar-refractivity contribution is 6.45. The van der Waals surface area contributed by atoms with Gasteiger partial charge in [-0.05, 0) is 72.6 Å². The van der Waals surface area contributed by atoms with Crippen LogP contribution in [0.3, 0.4) is 0 Å². The fourth-order valence-corrected chi connectivity index (χ4v) is 5.79. The molecule has 4 rings (SSSR count). The van der Waals surface area contributed by atoms with Crippen molar-refractivity contribution < 1.29 is 19.1 Å². The van der Waals surface area contributed by atoms with Gasteiger partial charge in [-0.3, -0.25) is 14.4 Å². The molecular formula is C38H47Cl2N5O4. The molecule has 0 fully saturated rings. The molecule has 11 heteroatoms. The number of halogens is 2. The quantitative estimate of drug-likeness (QED) is 0.101. The highest BCUT2D eigenvalue weighted by Crippen LogP contribution is 2.39. The first-order valence-electron chi connectivity index (χ1n) is 16.6. The van der Waals surface area contributed by atoms with Crippen LogP contribution in [0.5, 0.6) is 5.75 Å². The molecule has 2 unspecified atom stereocenters. The van der Waals surface area contributed by atoms with Gasteiger partial charge in [0.1, 0.15) is 16.8 Å². The number of carbonyl (C=O) groups is 3. The van der Waals surface area contributed by atoms with Crippen LogP contribution < -0.4 is 15.4 Å². The maximum atomic E-state index is 14.4. The number of ketones is 1. The highest BCUT2D eigenvalue weighted by atomic mass is 35.5. The number of amides is 2. The minimum absolute atomic E-state index is 0.0146. The van der Waals surface area contributed by atoms with Crippen LogP contribution >= 0.6 is 23.2 Å². The Hall–Kier alpha value is -3.95. The number of hydrogen-bond donors (Lipinski definition) is 2. The molecular weight excluding hydrogens is 661 g/mol. The Labute approximate surface area is 299 Å². The van der Waals surface area contributed by atoms with Crippen molar-refractivity contribution in [2.45, 2.75) is 97.1 Å². The number of anilines is 1. The van der Waals surface area contributed by atoms with E-state index in [0.717, 1.165) is 23.2 Å². The largest absolute Gasteiger partial charge is 0.481 e. The van der Waals surface area contributed by atoms with E-state index < -0.39 is 34.1 Å². The van der Waals surface area contributed by atoms with E-state index in [0.29, 0.717) is 27.5 Å². The summed E-state index contributed by atoms with van der Waals surface area (Å²) >= 11 is 13.2. The second-order valence-corrected chi connectivity index (χ2v) is 15.4. The van der Waals surface area contributed by atoms with Crippen molar-refractivity contribution in [2.75, 3.05) is 11.9 Å². The SMILES string of the molecule is CCC(C)(C)c1ccc(OC(C)C(=O)NCC(C)(C)C(=O)C(Cl)(C(=O)Nc2ccccc2)n2nc3ccc(Cl)cc3n2)c(C(C)(C)CC)c1. The van der Waals surface area contributed by atoms with E-state index in [4.69, 9.17) is 27.9 Å². The van der Waals surface area contributed by atoms with Gasteiger partial charge in [-0.15, -0.1) is 4.80 Å². The summed E-state index contributed by atoms with van der Waals surface area (Å²) < 4.78 is 6.28. The first-order chi connectivity index (χ1) is 22.9. The molecule has 0 aliphatic rings. The van der Waals surface area contributed by atoms with Gasteiger partial charge in [0.2, 0.25) is 0 Å². The zero-order chi connectivity index (χ0) is 36.4. The van der Waals surface area contributed by atoms with Gasteiger partial charge in [-0.1, -0.05) is 109 Å². The third-order valence-corrected chi connectivity index (χ3v) is 10.2. The Morgan fingerprint density at radius 1 is 0.857 bits per heavy atom. The summed E-state index contributed by atoms with van der Waals surface area (Å²) in [6.45, 7) is 17.8. The molecule has 2 N–H and O–H groups in total. The molecule has 0 spiro atoms. The van der Waals surface area contributed by atoms with Gasteiger partial charge >= 0.3 is 0 Å². The number of hydrogen-bond acceptors (Lipinski definition) is 6. The Morgan fingerprint density at radius 2 is 1.49 bits per heavy atom. The zero-order valence-corrected chi connectivity index (χ0v) is 31.3. The first-order valence-corrected chi connectivity index (χ1v) is 17.3. The summed E-state index contributed by atoms with van der Waals surface area (Å²) in [7, 11) is 0. The number of ether oxygens (including phenoxy) is 1. The maximum absolute atomic E-state index is 14.4. The van der Waals surface area contributed by atoms with E-state index in [-0.39, 0.29) is 17.4 Å². The van der Waals surface area contributed by atoms with Crippen LogP contribution in [0.15, 0.2) is 66.7 Å². The number of rotatable bonds is 14. The zero-order valence-electron chi connectivity index (χ0n) is 29.8. The molecule has 0 saturated carbocycles. The maximum Gasteiger partial charge on any atom is 0.291 e. The molecule has 2 amide bonds. The summed E-state index contributed by atoms with van der Waals surface area (Å²) in [6.07, 6.45) is 0.972. The number of benzene rings is 3. The first kappa shape index (κ1) is 37.9. The average molecular weight is 709 g/mol. The standard InChI is InChI=1S/C38H47Cl2N5O4/c1-10-35(4,5)25-17-20-31(28(21-25)36(6,7)11-2)49-24(3)32(46)41-23-37(8,9)33(47)38(40,34(48)42-27-15-13-12-14-16-27)45-43-29-19-18-26(39)22-30(29)44-45/h12-22,24H,10-11,23H2,1-9H3,(H,41,46)(H,42,48). The van der Waals surface area contributed by atoms with Gasteiger partial charge in [0.05, 0.1) is 0 Å². The lowest BCUT2D eigenvalue weighted by atomic mass is 9.76. The number of fused-ring (bicyclic) bond motifs is 1. The summed E-state index contributed by atoms with van der Waals surface area (Å²) in [5.74, 6) is -1.37. The molecule has 1 heterocycles. The van der Waals surface area contributed by atoms with Crippen molar-refractivity contribution in [1.29, 1.82) is 0 Å². The predicted molar refractivity (Wildman–Crippen MR) is 196 cm³/mol. The van der Waals surface area contributed by atoms with Crippen molar-refractivity contribution in [3.63, 3.8) is 0 Å². The van der Waals surface area contributed by atoms with E-state index in [2.05, 4.69) is 74.5 Å². The van der Waals surface area contributed by atoms with Crippen molar-refractivity contribution in [1.82, 2.24) is 20.3 Å². The average Bonchev–Trinajstić information content (AvgIpc) is 3.50. The van der Waals surface area contributed by atoms with E-state index in [1.165, 1.54) is 5.56 Å². The summed E-state index contributed by atoms with van der Waals surface area (Å²) in [5.41, 5.74) is 1.85. The molecule has 9 nitrogen and oxygen atoms in total. The van der Waals surface area contributed by atoms with Crippen LogP contribution in [0, 0.1) is 5.41 Å². The Bertz CT molecular complexity index is 1840. The van der Waals surface area contributed by atoms with Gasteiger partial charge in [0, 0.05) is 28.2 Å². The van der Waals surface area contributed by atoms with Crippen LogP contribution in [0.1, 0.15) is 86.3 Å². The van der Waals surface area contributed by atoms with E-state index >= 15 is 0 Å². The van der Waals surface area contributed by atoms with Crippen molar-refractivity contribution in [3.05, 3.63) is 82.9 Å². The smallest absolute Gasteiger partial charge is 0.291 e. The molecule has 2 atom stereocenters. The van der Waals surface area contributed by atoms with E-state index in [1.807, 2.05) is 6.07 Å². The Kier molecular flexibility index (Phi) is 11.2. The molecule has 0 bridgehead atoms. The van der Waals surface area contributed by atoms with Crippen LogP contribution in [-0.2, 0) is 30.2 Å². The number of Topliss-reactive ketones (excluding diaryl/α,β-unsaturated/α-hetero) is 1. The van der Waals surface area contributed by atoms with Gasteiger partial charge in [0.15, 0.2) is 11.9 Å². The molecule has 0 saturated heterocycles. The molecule has 0 aliphatic carbocycles. The number of nitrogens with one attached hydrogen (secondary N) is 2. The molecule has 3 aromatic carbocycles. The summed E-state index contributed by atoms with van der Waals surface area (Å²) in [6, 6.07) is 19.6. The van der Waals surface area contributed by atoms with Crippen LogP contribution in [0.25, 0.3) is 11.0 Å². The monoisotopic (exact) mass is 707 g/mol.